The van der Waals surface area contributed by atoms with E-state index in [9.17, 15) is 13.2 Å². The van der Waals surface area contributed by atoms with Gasteiger partial charge in [0.2, 0.25) is 21.1 Å². The van der Waals surface area contributed by atoms with Crippen LogP contribution in [0.3, 0.4) is 0 Å². The molecule has 0 bridgehead atoms. The minimum atomic E-state index is -3.98. The monoisotopic (exact) mass is 486 g/mol. The maximum absolute atomic E-state index is 12.4. The Morgan fingerprint density at radius 3 is 2.50 bits per heavy atom. The molecule has 3 N–H and O–H groups in total. The van der Waals surface area contributed by atoms with E-state index in [0.717, 1.165) is 40.7 Å². The van der Waals surface area contributed by atoms with Gasteiger partial charge >= 0.3 is 0 Å². The van der Waals surface area contributed by atoms with E-state index < -0.39 is 15.9 Å². The highest BCUT2D eigenvalue weighted by Gasteiger charge is 2.18. The second-order valence-corrected chi connectivity index (χ2v) is 9.63. The van der Waals surface area contributed by atoms with Crippen molar-refractivity contribution in [3.63, 3.8) is 0 Å². The number of nitrogens with two attached hydrogens (primary N) is 1. The molecule has 30 heavy (non-hydrogen) atoms. The Bertz CT molecular complexity index is 1210. The predicted molar refractivity (Wildman–Crippen MR) is 116 cm³/mol. The molecule has 0 saturated carbocycles. The lowest BCUT2D eigenvalue weighted by Crippen LogP contribution is -2.16. The number of rotatable bonds is 6. The van der Waals surface area contributed by atoms with Crippen LogP contribution < -0.4 is 10.5 Å². The van der Waals surface area contributed by atoms with Gasteiger partial charge in [0.05, 0.1) is 32.1 Å². The molecular weight excluding hydrogens is 471 g/mol. The van der Waals surface area contributed by atoms with Gasteiger partial charge in [-0.1, -0.05) is 47.1 Å². The minimum absolute atomic E-state index is 0.0329. The number of benzene rings is 2. The molecule has 158 valence electrons. The number of halogens is 2. The van der Waals surface area contributed by atoms with Crippen LogP contribution in [0.2, 0.25) is 10.0 Å². The molecule has 0 saturated heterocycles. The SMILES string of the molecule is Cc1ccc(C)c(-n2nnnc2SCC(=O)Nc2c(Cl)cc(S(N)(=O)=O)cc2Cl)c1. The number of carbonyl (C=O) groups excluding carboxylic acids is 1. The van der Waals surface area contributed by atoms with E-state index in [1.54, 1.807) is 4.68 Å². The number of hydrogen-bond acceptors (Lipinski definition) is 7. The topological polar surface area (TPSA) is 133 Å². The number of anilines is 1. The fourth-order valence-electron chi connectivity index (χ4n) is 2.51. The van der Waals surface area contributed by atoms with Crippen molar-refractivity contribution < 1.29 is 13.2 Å². The predicted octanol–water partition coefficient (Wildman–Crippen LogP) is 2.96. The number of hydrogen-bond donors (Lipinski definition) is 2. The number of aryl methyl sites for hydroxylation is 2. The molecule has 0 spiro atoms. The summed E-state index contributed by atoms with van der Waals surface area (Å²) in [6.45, 7) is 3.90. The molecule has 0 aliphatic rings. The molecule has 9 nitrogen and oxygen atoms in total. The lowest BCUT2D eigenvalue weighted by Gasteiger charge is -2.11. The Hall–Kier alpha value is -2.18. The Morgan fingerprint density at radius 2 is 1.87 bits per heavy atom. The van der Waals surface area contributed by atoms with Crippen molar-refractivity contribution in [1.82, 2.24) is 20.2 Å². The number of tetrazole rings is 1. The molecule has 1 amide bonds. The fraction of sp³-hybridized carbons (Fsp3) is 0.176. The van der Waals surface area contributed by atoms with Crippen LogP contribution in [0.5, 0.6) is 0 Å². The number of aromatic nitrogens is 4. The van der Waals surface area contributed by atoms with Crippen LogP contribution in [-0.2, 0) is 14.8 Å². The molecule has 0 aliphatic carbocycles. The summed E-state index contributed by atoms with van der Waals surface area (Å²) >= 11 is 13.2. The highest BCUT2D eigenvalue weighted by Crippen LogP contribution is 2.33. The fourth-order valence-corrected chi connectivity index (χ4v) is 4.47. The number of primary sulfonamides is 1. The highest BCUT2D eigenvalue weighted by molar-refractivity contribution is 7.99. The van der Waals surface area contributed by atoms with Crippen molar-refractivity contribution in [1.29, 1.82) is 0 Å². The Labute approximate surface area is 187 Å². The molecular formula is C17H16Cl2N6O3S2. The first-order valence-corrected chi connectivity index (χ1v) is 11.7. The molecule has 0 aliphatic heterocycles. The van der Waals surface area contributed by atoms with E-state index in [2.05, 4.69) is 20.8 Å². The van der Waals surface area contributed by atoms with Crippen molar-refractivity contribution in [2.45, 2.75) is 23.9 Å². The molecule has 0 fully saturated rings. The smallest absolute Gasteiger partial charge is 0.238 e. The molecule has 13 heteroatoms. The van der Waals surface area contributed by atoms with Gasteiger partial charge in [-0.3, -0.25) is 4.79 Å². The third-order valence-electron chi connectivity index (χ3n) is 3.97. The molecule has 3 aromatic rings. The largest absolute Gasteiger partial charge is 0.323 e. The normalized spacial score (nSPS) is 11.5. The average molecular weight is 487 g/mol. The molecule has 3 rings (SSSR count). The first-order chi connectivity index (χ1) is 14.1. The maximum Gasteiger partial charge on any atom is 0.238 e. The number of amides is 1. The molecule has 1 aromatic heterocycles. The lowest BCUT2D eigenvalue weighted by atomic mass is 10.1. The summed E-state index contributed by atoms with van der Waals surface area (Å²) in [5.41, 5.74) is 2.93. The molecule has 0 atom stereocenters. The molecule has 1 heterocycles. The zero-order valence-electron chi connectivity index (χ0n) is 15.8. The molecule has 0 radical (unpaired) electrons. The van der Waals surface area contributed by atoms with Gasteiger partial charge in [-0.05, 0) is 53.6 Å². The summed E-state index contributed by atoms with van der Waals surface area (Å²) < 4.78 is 24.5. The number of carbonyl (C=O) groups is 1. The van der Waals surface area contributed by atoms with Gasteiger partial charge in [0.25, 0.3) is 0 Å². The van der Waals surface area contributed by atoms with Gasteiger partial charge in [0.1, 0.15) is 0 Å². The van der Waals surface area contributed by atoms with E-state index in [1.165, 1.54) is 0 Å². The van der Waals surface area contributed by atoms with E-state index >= 15 is 0 Å². The summed E-state index contributed by atoms with van der Waals surface area (Å²) in [5.74, 6) is -0.461. The Kier molecular flexibility index (Phi) is 6.68. The van der Waals surface area contributed by atoms with Gasteiger partial charge in [-0.25, -0.2) is 13.6 Å². The summed E-state index contributed by atoms with van der Waals surface area (Å²) in [6, 6.07) is 8.13. The van der Waals surface area contributed by atoms with Crippen molar-refractivity contribution >= 4 is 56.6 Å². The van der Waals surface area contributed by atoms with Crippen molar-refractivity contribution in [2.75, 3.05) is 11.1 Å². The second kappa shape index (κ2) is 8.90. The number of thioether (sulfide) groups is 1. The zero-order valence-corrected chi connectivity index (χ0v) is 18.9. The number of sulfonamides is 1. The summed E-state index contributed by atoms with van der Waals surface area (Å²) in [7, 11) is -3.98. The van der Waals surface area contributed by atoms with Crippen molar-refractivity contribution in [3.8, 4) is 5.69 Å². The summed E-state index contributed by atoms with van der Waals surface area (Å²) in [5, 5.41) is 19.6. The van der Waals surface area contributed by atoms with Gasteiger partial charge in [-0.15, -0.1) is 5.10 Å². The third-order valence-corrected chi connectivity index (χ3v) is 6.38. The van der Waals surface area contributed by atoms with Gasteiger partial charge < -0.3 is 5.32 Å². The van der Waals surface area contributed by atoms with E-state index in [0.29, 0.717) is 5.16 Å². The van der Waals surface area contributed by atoms with E-state index in [4.69, 9.17) is 28.3 Å². The van der Waals surface area contributed by atoms with Crippen LogP contribution in [0.15, 0.2) is 40.4 Å². The second-order valence-electron chi connectivity index (χ2n) is 6.31. The van der Waals surface area contributed by atoms with Crippen LogP contribution in [0.4, 0.5) is 5.69 Å². The van der Waals surface area contributed by atoms with Crippen molar-refractivity contribution in [3.05, 3.63) is 51.5 Å². The third kappa shape index (κ3) is 5.10. The molecule has 0 unspecified atom stereocenters. The Morgan fingerprint density at radius 1 is 1.20 bits per heavy atom. The molecule has 2 aromatic carbocycles. The van der Waals surface area contributed by atoms with Crippen LogP contribution >= 0.6 is 35.0 Å². The number of nitrogens with zero attached hydrogens (tertiary/aromatic N) is 4. The minimum Gasteiger partial charge on any atom is -0.323 e. The highest BCUT2D eigenvalue weighted by atomic mass is 35.5. The van der Waals surface area contributed by atoms with E-state index in [1.807, 2.05) is 32.0 Å². The van der Waals surface area contributed by atoms with Gasteiger partial charge in [0, 0.05) is 0 Å². The number of nitrogens with one attached hydrogen (secondary N) is 1. The average Bonchev–Trinajstić information content (AvgIpc) is 3.12. The van der Waals surface area contributed by atoms with Gasteiger partial charge in [-0.2, -0.15) is 4.68 Å². The van der Waals surface area contributed by atoms with E-state index in [-0.39, 0.29) is 26.4 Å². The quantitative estimate of drug-likeness (QED) is 0.511. The standard InChI is InChI=1S/C17H16Cl2N6O3S2/c1-9-3-4-10(2)14(5-9)25-17(22-23-24-25)29-8-15(26)21-16-12(18)6-11(7-13(16)19)30(20,27)28/h3-7H,8H2,1-2H3,(H,21,26)(H2,20,27,28). The Balaban J connectivity index is 1.74. The van der Waals surface area contributed by atoms with Gasteiger partial charge in [0.15, 0.2) is 0 Å². The zero-order chi connectivity index (χ0) is 22.1. The van der Waals surface area contributed by atoms with Crippen molar-refractivity contribution in [2.24, 2.45) is 5.14 Å². The lowest BCUT2D eigenvalue weighted by molar-refractivity contribution is -0.113. The van der Waals surface area contributed by atoms with Crippen LogP contribution in [-0.4, -0.2) is 40.3 Å². The summed E-state index contributed by atoms with van der Waals surface area (Å²) in [6.07, 6.45) is 0. The first-order valence-electron chi connectivity index (χ1n) is 8.37. The van der Waals surface area contributed by atoms with Crippen LogP contribution in [0.1, 0.15) is 11.1 Å². The first kappa shape index (κ1) is 22.5. The van der Waals surface area contributed by atoms with Crippen LogP contribution in [0, 0.1) is 13.8 Å². The summed E-state index contributed by atoms with van der Waals surface area (Å²) in [4.78, 5) is 12.1. The van der Waals surface area contributed by atoms with Crippen LogP contribution in [0.25, 0.3) is 5.69 Å². The maximum atomic E-state index is 12.4.